The highest BCUT2D eigenvalue weighted by molar-refractivity contribution is 6.02. The van der Waals surface area contributed by atoms with E-state index < -0.39 is 5.82 Å². The van der Waals surface area contributed by atoms with Crippen LogP contribution < -0.4 is 15.2 Å². The molecule has 0 aliphatic rings. The Morgan fingerprint density at radius 2 is 1.84 bits per heavy atom. The SMILES string of the molecule is COc1cc(F)ccc1Oc1cc2ccccc2nc1C(N)=Nc1cccc(C#N)c1. The molecule has 0 aliphatic heterocycles. The minimum Gasteiger partial charge on any atom is -0.493 e. The first-order chi connectivity index (χ1) is 15.1. The molecule has 152 valence electrons. The zero-order valence-electron chi connectivity index (χ0n) is 16.5. The molecule has 31 heavy (non-hydrogen) atoms. The number of halogens is 1. The van der Waals surface area contributed by atoms with E-state index in [2.05, 4.69) is 16.0 Å². The number of pyridine rings is 1. The Kier molecular flexibility index (Phi) is 5.45. The second-order valence-electron chi connectivity index (χ2n) is 6.58. The van der Waals surface area contributed by atoms with Crippen LogP contribution in [0.2, 0.25) is 0 Å². The summed E-state index contributed by atoms with van der Waals surface area (Å²) in [4.78, 5) is 9.04. The van der Waals surface area contributed by atoms with E-state index in [9.17, 15) is 4.39 Å². The molecule has 0 bridgehead atoms. The Morgan fingerprint density at radius 1 is 1.00 bits per heavy atom. The van der Waals surface area contributed by atoms with E-state index in [1.165, 1.54) is 25.3 Å². The summed E-state index contributed by atoms with van der Waals surface area (Å²) in [7, 11) is 1.43. The van der Waals surface area contributed by atoms with Gasteiger partial charge < -0.3 is 15.2 Å². The van der Waals surface area contributed by atoms with Crippen LogP contribution in [0, 0.1) is 17.1 Å². The first-order valence-corrected chi connectivity index (χ1v) is 9.33. The number of methoxy groups -OCH3 is 1. The van der Waals surface area contributed by atoms with Crippen molar-refractivity contribution in [2.24, 2.45) is 10.7 Å². The zero-order valence-corrected chi connectivity index (χ0v) is 16.5. The minimum absolute atomic E-state index is 0.108. The Bertz CT molecular complexity index is 1350. The fourth-order valence-electron chi connectivity index (χ4n) is 3.04. The van der Waals surface area contributed by atoms with Crippen molar-refractivity contribution >= 4 is 22.4 Å². The number of nitriles is 1. The third-order valence-electron chi connectivity index (χ3n) is 4.50. The van der Waals surface area contributed by atoms with Crippen molar-refractivity contribution in [1.29, 1.82) is 5.26 Å². The van der Waals surface area contributed by atoms with E-state index in [-0.39, 0.29) is 11.6 Å². The molecule has 7 heteroatoms. The number of benzene rings is 3. The lowest BCUT2D eigenvalue weighted by Gasteiger charge is -2.14. The van der Waals surface area contributed by atoms with Crippen LogP contribution >= 0.6 is 0 Å². The van der Waals surface area contributed by atoms with Gasteiger partial charge in [0.15, 0.2) is 23.1 Å². The summed E-state index contributed by atoms with van der Waals surface area (Å²) in [5, 5.41) is 9.94. The minimum atomic E-state index is -0.445. The number of hydrogen-bond acceptors (Lipinski definition) is 5. The number of nitrogens with two attached hydrogens (primary N) is 1. The molecule has 3 aromatic carbocycles. The fraction of sp³-hybridized carbons (Fsp3) is 0.0417. The van der Waals surface area contributed by atoms with Crippen molar-refractivity contribution < 1.29 is 13.9 Å². The summed E-state index contributed by atoms with van der Waals surface area (Å²) in [6.45, 7) is 0. The molecular weight excluding hydrogens is 395 g/mol. The van der Waals surface area contributed by atoms with E-state index in [4.69, 9.17) is 20.5 Å². The molecule has 0 saturated heterocycles. The molecule has 0 aliphatic carbocycles. The summed E-state index contributed by atoms with van der Waals surface area (Å²) in [5.74, 6) is 0.538. The lowest BCUT2D eigenvalue weighted by atomic mass is 10.1. The molecule has 1 aromatic heterocycles. The van der Waals surface area contributed by atoms with Crippen molar-refractivity contribution in [2.75, 3.05) is 7.11 Å². The van der Waals surface area contributed by atoms with Crippen molar-refractivity contribution in [3.8, 4) is 23.3 Å². The summed E-state index contributed by atoms with van der Waals surface area (Å²) >= 11 is 0. The number of fused-ring (bicyclic) bond motifs is 1. The summed E-state index contributed by atoms with van der Waals surface area (Å²) in [6, 6.07) is 22.1. The molecule has 0 atom stereocenters. The van der Waals surface area contributed by atoms with Gasteiger partial charge in [0.2, 0.25) is 0 Å². The number of aromatic nitrogens is 1. The van der Waals surface area contributed by atoms with Gasteiger partial charge in [-0.1, -0.05) is 24.3 Å². The van der Waals surface area contributed by atoms with E-state index in [1.807, 2.05) is 24.3 Å². The number of aliphatic imine (C=N–C) groups is 1. The molecular formula is C24H17FN4O2. The van der Waals surface area contributed by atoms with Crippen LogP contribution in [0.5, 0.6) is 17.2 Å². The van der Waals surface area contributed by atoms with E-state index in [0.29, 0.717) is 34.0 Å². The van der Waals surface area contributed by atoms with Gasteiger partial charge >= 0.3 is 0 Å². The molecule has 0 saturated carbocycles. The third-order valence-corrected chi connectivity index (χ3v) is 4.50. The van der Waals surface area contributed by atoms with Crippen LogP contribution in [0.3, 0.4) is 0 Å². The fourth-order valence-corrected chi connectivity index (χ4v) is 3.04. The second kappa shape index (κ2) is 8.51. The normalized spacial score (nSPS) is 11.2. The third kappa shape index (κ3) is 4.28. The predicted molar refractivity (Wildman–Crippen MR) is 116 cm³/mol. The molecule has 6 nitrogen and oxygen atoms in total. The number of para-hydroxylation sites is 1. The first kappa shape index (κ1) is 19.9. The maximum Gasteiger partial charge on any atom is 0.169 e. The van der Waals surface area contributed by atoms with Gasteiger partial charge in [-0.15, -0.1) is 0 Å². The summed E-state index contributed by atoms with van der Waals surface area (Å²) in [5.41, 5.74) is 8.29. The van der Waals surface area contributed by atoms with Gasteiger partial charge in [0.25, 0.3) is 0 Å². The maximum atomic E-state index is 13.6. The van der Waals surface area contributed by atoms with Gasteiger partial charge in [0, 0.05) is 11.5 Å². The topological polar surface area (TPSA) is 93.5 Å². The van der Waals surface area contributed by atoms with Gasteiger partial charge in [-0.05, 0) is 42.5 Å². The lowest BCUT2D eigenvalue weighted by Crippen LogP contribution is -2.16. The quantitative estimate of drug-likeness (QED) is 0.364. The Hall–Kier alpha value is -4.44. The summed E-state index contributed by atoms with van der Waals surface area (Å²) in [6.07, 6.45) is 0. The van der Waals surface area contributed by atoms with Crippen LogP contribution in [-0.2, 0) is 0 Å². The molecule has 2 N–H and O–H groups in total. The molecule has 0 fully saturated rings. The van der Waals surface area contributed by atoms with E-state index in [1.54, 1.807) is 30.3 Å². The van der Waals surface area contributed by atoms with Crippen LogP contribution in [-0.4, -0.2) is 17.9 Å². The predicted octanol–water partition coefficient (Wildman–Crippen LogP) is 5.08. The Labute approximate surface area is 178 Å². The van der Waals surface area contributed by atoms with Gasteiger partial charge in [-0.2, -0.15) is 5.26 Å². The lowest BCUT2D eigenvalue weighted by molar-refractivity contribution is 0.375. The number of ether oxygens (including phenoxy) is 2. The van der Waals surface area contributed by atoms with Crippen LogP contribution in [0.1, 0.15) is 11.3 Å². The number of rotatable bonds is 5. The highest BCUT2D eigenvalue weighted by atomic mass is 19.1. The number of nitrogens with zero attached hydrogens (tertiary/aromatic N) is 3. The maximum absolute atomic E-state index is 13.6. The van der Waals surface area contributed by atoms with Gasteiger partial charge in [-0.3, -0.25) is 0 Å². The van der Waals surface area contributed by atoms with Crippen molar-refractivity contribution in [3.05, 3.63) is 89.9 Å². The van der Waals surface area contributed by atoms with Crippen LogP contribution in [0.25, 0.3) is 10.9 Å². The van der Waals surface area contributed by atoms with Gasteiger partial charge in [0.1, 0.15) is 11.5 Å². The standard InChI is InChI=1S/C24H17FN4O2/c1-30-21-13-17(25)9-10-20(21)31-22-12-16-6-2-3-8-19(16)29-23(22)24(27)28-18-7-4-5-15(11-18)14-26/h2-13H,1H3,(H2,27,28). The van der Waals surface area contributed by atoms with Crippen molar-refractivity contribution in [1.82, 2.24) is 4.98 Å². The monoisotopic (exact) mass is 412 g/mol. The van der Waals surface area contributed by atoms with Gasteiger partial charge in [-0.25, -0.2) is 14.4 Å². The van der Waals surface area contributed by atoms with Crippen molar-refractivity contribution in [3.63, 3.8) is 0 Å². The molecule has 0 amide bonds. The second-order valence-corrected chi connectivity index (χ2v) is 6.58. The molecule has 1 heterocycles. The van der Waals surface area contributed by atoms with E-state index >= 15 is 0 Å². The molecule has 4 rings (SSSR count). The average molecular weight is 412 g/mol. The van der Waals surface area contributed by atoms with Crippen LogP contribution in [0.15, 0.2) is 77.8 Å². The number of hydrogen-bond donors (Lipinski definition) is 1. The zero-order chi connectivity index (χ0) is 21.8. The average Bonchev–Trinajstić information content (AvgIpc) is 2.79. The molecule has 0 spiro atoms. The first-order valence-electron chi connectivity index (χ1n) is 9.33. The molecule has 0 unspecified atom stereocenters. The van der Waals surface area contributed by atoms with Crippen molar-refractivity contribution in [2.45, 2.75) is 0 Å². The van der Waals surface area contributed by atoms with E-state index in [0.717, 1.165) is 5.39 Å². The largest absolute Gasteiger partial charge is 0.493 e. The highest BCUT2D eigenvalue weighted by Gasteiger charge is 2.16. The molecule has 4 aromatic rings. The molecule has 0 radical (unpaired) electrons. The smallest absolute Gasteiger partial charge is 0.169 e. The Balaban J connectivity index is 1.84. The summed E-state index contributed by atoms with van der Waals surface area (Å²) < 4.78 is 24.8. The van der Waals surface area contributed by atoms with Crippen LogP contribution in [0.4, 0.5) is 10.1 Å². The highest BCUT2D eigenvalue weighted by Crippen LogP contribution is 2.34. The Morgan fingerprint density at radius 3 is 2.65 bits per heavy atom. The van der Waals surface area contributed by atoms with Gasteiger partial charge in [0.05, 0.1) is 29.9 Å². The number of amidine groups is 1.